The monoisotopic (exact) mass is 498 g/mol. The van der Waals surface area contributed by atoms with Gasteiger partial charge in [0, 0.05) is 27.3 Å². The van der Waals surface area contributed by atoms with Crippen molar-refractivity contribution in [1.82, 2.24) is 9.97 Å². The first-order chi connectivity index (χ1) is 19.1. The van der Waals surface area contributed by atoms with Crippen LogP contribution in [-0.2, 0) is 5.41 Å². The van der Waals surface area contributed by atoms with Crippen LogP contribution in [0.3, 0.4) is 0 Å². The summed E-state index contributed by atoms with van der Waals surface area (Å²) in [4.78, 5) is 10.5. The third kappa shape index (κ3) is 3.21. The number of rotatable bonds is 2. The molecular formula is C37H26N2. The number of benzene rings is 6. The molecule has 1 aliphatic rings. The fraction of sp³-hybridized carbons (Fsp3) is 0.0811. The van der Waals surface area contributed by atoms with Gasteiger partial charge in [-0.3, -0.25) is 0 Å². The lowest BCUT2D eigenvalue weighted by atomic mass is 9.81. The third-order valence-corrected chi connectivity index (χ3v) is 8.46. The van der Waals surface area contributed by atoms with Crippen molar-refractivity contribution in [1.29, 1.82) is 0 Å². The van der Waals surface area contributed by atoms with Crippen LogP contribution in [0.2, 0.25) is 0 Å². The Bertz CT molecular complexity index is 2090. The Kier molecular flexibility index (Phi) is 4.60. The van der Waals surface area contributed by atoms with Crippen LogP contribution in [0.25, 0.3) is 66.2 Å². The summed E-state index contributed by atoms with van der Waals surface area (Å²) in [5.74, 6) is 0.761. The molecule has 8 rings (SSSR count). The van der Waals surface area contributed by atoms with Gasteiger partial charge in [-0.25, -0.2) is 9.97 Å². The fourth-order valence-corrected chi connectivity index (χ4v) is 6.47. The van der Waals surface area contributed by atoms with Crippen molar-refractivity contribution >= 4 is 32.4 Å². The van der Waals surface area contributed by atoms with Crippen molar-refractivity contribution in [3.05, 3.63) is 132 Å². The quantitative estimate of drug-likeness (QED) is 0.222. The van der Waals surface area contributed by atoms with E-state index in [0.717, 1.165) is 38.9 Å². The van der Waals surface area contributed by atoms with E-state index in [1.807, 2.05) is 6.07 Å². The SMILES string of the molecule is CC1(C)c2ccccc2-c2cc3cccc(-c4nc(-c5ccccc5)c5ccc6ccccc6c5n4)c3cc21. The summed E-state index contributed by atoms with van der Waals surface area (Å²) in [6.07, 6.45) is 0. The molecule has 184 valence electrons. The largest absolute Gasteiger partial charge is 0.227 e. The van der Waals surface area contributed by atoms with Gasteiger partial charge in [0.1, 0.15) is 0 Å². The Morgan fingerprint density at radius 3 is 2.13 bits per heavy atom. The highest BCUT2D eigenvalue weighted by atomic mass is 14.9. The zero-order chi connectivity index (χ0) is 26.1. The van der Waals surface area contributed by atoms with Gasteiger partial charge in [0.15, 0.2) is 5.82 Å². The van der Waals surface area contributed by atoms with E-state index in [2.05, 4.69) is 129 Å². The molecule has 0 spiro atoms. The first-order valence-corrected chi connectivity index (χ1v) is 13.5. The van der Waals surface area contributed by atoms with E-state index in [1.54, 1.807) is 0 Å². The van der Waals surface area contributed by atoms with Crippen LogP contribution in [0.1, 0.15) is 25.0 Å². The summed E-state index contributed by atoms with van der Waals surface area (Å²) in [6, 6.07) is 43.4. The van der Waals surface area contributed by atoms with Gasteiger partial charge in [-0.1, -0.05) is 117 Å². The van der Waals surface area contributed by atoms with Crippen molar-refractivity contribution in [2.45, 2.75) is 19.3 Å². The maximum Gasteiger partial charge on any atom is 0.161 e. The molecule has 0 amide bonds. The van der Waals surface area contributed by atoms with E-state index in [1.165, 1.54) is 38.4 Å². The van der Waals surface area contributed by atoms with Crippen molar-refractivity contribution in [3.8, 4) is 33.8 Å². The van der Waals surface area contributed by atoms with E-state index >= 15 is 0 Å². The zero-order valence-electron chi connectivity index (χ0n) is 21.9. The van der Waals surface area contributed by atoms with E-state index in [-0.39, 0.29) is 5.41 Å². The second-order valence-corrected chi connectivity index (χ2v) is 11.0. The van der Waals surface area contributed by atoms with Crippen molar-refractivity contribution < 1.29 is 0 Å². The molecule has 0 unspecified atom stereocenters. The second-order valence-electron chi connectivity index (χ2n) is 11.0. The first kappa shape index (κ1) is 22.2. The molecule has 0 radical (unpaired) electrons. The minimum atomic E-state index is -0.0666. The Balaban J connectivity index is 1.45. The van der Waals surface area contributed by atoms with Gasteiger partial charge in [-0.15, -0.1) is 0 Å². The molecule has 0 saturated heterocycles. The number of nitrogens with zero attached hydrogens (tertiary/aromatic N) is 2. The Morgan fingerprint density at radius 2 is 1.23 bits per heavy atom. The summed E-state index contributed by atoms with van der Waals surface area (Å²) in [5, 5.41) is 5.80. The molecule has 0 atom stereocenters. The summed E-state index contributed by atoms with van der Waals surface area (Å²) < 4.78 is 0. The first-order valence-electron chi connectivity index (χ1n) is 13.5. The Labute approximate surface area is 227 Å². The van der Waals surface area contributed by atoms with Crippen LogP contribution in [0, 0.1) is 0 Å². The molecule has 0 aliphatic heterocycles. The highest BCUT2D eigenvalue weighted by Crippen LogP contribution is 2.50. The average Bonchev–Trinajstić information content (AvgIpc) is 3.21. The highest BCUT2D eigenvalue weighted by molar-refractivity contribution is 6.10. The van der Waals surface area contributed by atoms with Crippen LogP contribution in [0.5, 0.6) is 0 Å². The number of hydrogen-bond donors (Lipinski definition) is 0. The van der Waals surface area contributed by atoms with Gasteiger partial charge in [-0.2, -0.15) is 0 Å². The van der Waals surface area contributed by atoms with Gasteiger partial charge in [0.2, 0.25) is 0 Å². The lowest BCUT2D eigenvalue weighted by Gasteiger charge is -2.22. The van der Waals surface area contributed by atoms with Crippen LogP contribution in [-0.4, -0.2) is 9.97 Å². The third-order valence-electron chi connectivity index (χ3n) is 8.46. The molecule has 2 nitrogen and oxygen atoms in total. The van der Waals surface area contributed by atoms with Gasteiger partial charge in [0.05, 0.1) is 11.2 Å². The topological polar surface area (TPSA) is 25.8 Å². The smallest absolute Gasteiger partial charge is 0.161 e. The van der Waals surface area contributed by atoms with Crippen molar-refractivity contribution in [2.75, 3.05) is 0 Å². The summed E-state index contributed by atoms with van der Waals surface area (Å²) in [6.45, 7) is 4.66. The molecule has 7 aromatic rings. The molecule has 1 aliphatic carbocycles. The van der Waals surface area contributed by atoms with E-state index in [0.29, 0.717) is 0 Å². The van der Waals surface area contributed by atoms with Gasteiger partial charge in [-0.05, 0) is 56.6 Å². The lowest BCUT2D eigenvalue weighted by Crippen LogP contribution is -2.14. The zero-order valence-corrected chi connectivity index (χ0v) is 21.9. The van der Waals surface area contributed by atoms with Crippen LogP contribution in [0.4, 0.5) is 0 Å². The maximum absolute atomic E-state index is 5.27. The summed E-state index contributed by atoms with van der Waals surface area (Å²) in [5.41, 5.74) is 9.46. The average molecular weight is 499 g/mol. The summed E-state index contributed by atoms with van der Waals surface area (Å²) >= 11 is 0. The molecular weight excluding hydrogens is 472 g/mol. The standard InChI is InChI=1S/C37H26N2/c1-37(2)32-18-9-8-16-27(32)31-21-25-14-10-17-28(30(25)22-33(31)37)36-38-34(24-12-4-3-5-13-24)29-20-19-23-11-6-7-15-26(23)35(29)39-36/h3-22H,1-2H3. The summed E-state index contributed by atoms with van der Waals surface area (Å²) in [7, 11) is 0. The molecule has 6 aromatic carbocycles. The van der Waals surface area contributed by atoms with Crippen LogP contribution >= 0.6 is 0 Å². The fourth-order valence-electron chi connectivity index (χ4n) is 6.47. The van der Waals surface area contributed by atoms with E-state index in [4.69, 9.17) is 9.97 Å². The second kappa shape index (κ2) is 8.09. The minimum Gasteiger partial charge on any atom is -0.227 e. The lowest BCUT2D eigenvalue weighted by molar-refractivity contribution is 0.661. The highest BCUT2D eigenvalue weighted by Gasteiger charge is 2.35. The predicted molar refractivity (Wildman–Crippen MR) is 163 cm³/mol. The molecule has 2 heteroatoms. The van der Waals surface area contributed by atoms with Gasteiger partial charge >= 0.3 is 0 Å². The molecule has 0 bridgehead atoms. The number of aromatic nitrogens is 2. The van der Waals surface area contributed by atoms with Crippen molar-refractivity contribution in [2.24, 2.45) is 0 Å². The molecule has 0 fully saturated rings. The number of fused-ring (bicyclic) bond motifs is 7. The predicted octanol–water partition coefficient (Wildman–Crippen LogP) is 9.58. The number of hydrogen-bond acceptors (Lipinski definition) is 2. The minimum absolute atomic E-state index is 0.0666. The Morgan fingerprint density at radius 1 is 0.487 bits per heavy atom. The molecule has 0 saturated carbocycles. The van der Waals surface area contributed by atoms with E-state index < -0.39 is 0 Å². The Hall–Kier alpha value is -4.82. The molecule has 39 heavy (non-hydrogen) atoms. The van der Waals surface area contributed by atoms with Gasteiger partial charge in [0.25, 0.3) is 0 Å². The molecule has 1 heterocycles. The van der Waals surface area contributed by atoms with Gasteiger partial charge < -0.3 is 0 Å². The molecule has 0 N–H and O–H groups in total. The maximum atomic E-state index is 5.27. The normalized spacial score (nSPS) is 13.6. The van der Waals surface area contributed by atoms with E-state index in [9.17, 15) is 0 Å². The van der Waals surface area contributed by atoms with Crippen molar-refractivity contribution in [3.63, 3.8) is 0 Å². The van der Waals surface area contributed by atoms with Crippen LogP contribution < -0.4 is 0 Å². The van der Waals surface area contributed by atoms with Crippen LogP contribution in [0.15, 0.2) is 121 Å². The molecule has 1 aromatic heterocycles.